The van der Waals surface area contributed by atoms with Gasteiger partial charge in [0.15, 0.2) is 0 Å². The number of hydrogen-bond donors (Lipinski definition) is 1. The Hall–Kier alpha value is -1.13. The van der Waals surface area contributed by atoms with Gasteiger partial charge in [-0.05, 0) is 44.9 Å². The van der Waals surface area contributed by atoms with Crippen LogP contribution in [0, 0.1) is 5.82 Å². The minimum Gasteiger partial charge on any atom is -0.381 e. The minimum atomic E-state index is -0.123. The third kappa shape index (κ3) is 3.95. The highest BCUT2D eigenvalue weighted by Crippen LogP contribution is 2.31. The smallest absolute Gasteiger partial charge is 0.130 e. The Balaban J connectivity index is 2.23. The first-order chi connectivity index (χ1) is 10.1. The van der Waals surface area contributed by atoms with Crippen molar-refractivity contribution in [1.82, 2.24) is 5.32 Å². The molecular weight excluding hydrogens is 267 g/mol. The Morgan fingerprint density at radius 2 is 2.10 bits per heavy atom. The first-order valence-corrected chi connectivity index (χ1v) is 7.97. The molecule has 1 atom stereocenters. The van der Waals surface area contributed by atoms with E-state index in [2.05, 4.69) is 24.2 Å². The molecule has 1 fully saturated rings. The molecule has 1 aromatic carbocycles. The minimum absolute atomic E-state index is 0.0171. The van der Waals surface area contributed by atoms with Crippen molar-refractivity contribution in [3.8, 4) is 0 Å². The second-order valence-corrected chi connectivity index (χ2v) is 5.80. The Kier molecular flexibility index (Phi) is 6.00. The number of hydrogen-bond acceptors (Lipinski definition) is 3. The van der Waals surface area contributed by atoms with E-state index in [1.807, 2.05) is 13.0 Å². The third-order valence-electron chi connectivity index (χ3n) is 4.28. The summed E-state index contributed by atoms with van der Waals surface area (Å²) >= 11 is 0. The van der Waals surface area contributed by atoms with E-state index in [0.29, 0.717) is 6.04 Å². The number of halogens is 1. The average molecular weight is 294 g/mol. The maximum Gasteiger partial charge on any atom is 0.130 e. The highest BCUT2D eigenvalue weighted by molar-refractivity contribution is 5.55. The van der Waals surface area contributed by atoms with E-state index in [4.69, 9.17) is 4.74 Å². The summed E-state index contributed by atoms with van der Waals surface area (Å²) in [6.07, 6.45) is 3.05. The van der Waals surface area contributed by atoms with Crippen LogP contribution in [0.1, 0.15) is 44.7 Å². The first kappa shape index (κ1) is 16.2. The van der Waals surface area contributed by atoms with Gasteiger partial charge < -0.3 is 15.0 Å². The molecule has 118 valence electrons. The van der Waals surface area contributed by atoms with Gasteiger partial charge in [0, 0.05) is 43.6 Å². The van der Waals surface area contributed by atoms with Crippen LogP contribution < -0.4 is 10.2 Å². The van der Waals surface area contributed by atoms with Gasteiger partial charge in [0.1, 0.15) is 5.82 Å². The predicted molar refractivity (Wildman–Crippen MR) is 85.4 cm³/mol. The monoisotopic (exact) mass is 294 g/mol. The molecule has 21 heavy (non-hydrogen) atoms. The topological polar surface area (TPSA) is 24.5 Å². The lowest BCUT2D eigenvalue weighted by Gasteiger charge is -2.35. The van der Waals surface area contributed by atoms with E-state index in [9.17, 15) is 4.39 Å². The van der Waals surface area contributed by atoms with Crippen molar-refractivity contribution in [1.29, 1.82) is 0 Å². The quantitative estimate of drug-likeness (QED) is 0.869. The van der Waals surface area contributed by atoms with E-state index in [1.165, 1.54) is 0 Å². The van der Waals surface area contributed by atoms with Crippen LogP contribution >= 0.6 is 0 Å². The van der Waals surface area contributed by atoms with Crippen molar-refractivity contribution in [2.24, 2.45) is 0 Å². The van der Waals surface area contributed by atoms with Crippen molar-refractivity contribution in [3.05, 3.63) is 29.6 Å². The number of nitrogens with one attached hydrogen (secondary N) is 1. The zero-order valence-corrected chi connectivity index (χ0v) is 13.4. The fourth-order valence-electron chi connectivity index (χ4n) is 2.99. The normalized spacial score (nSPS) is 17.7. The van der Waals surface area contributed by atoms with Crippen molar-refractivity contribution in [3.63, 3.8) is 0 Å². The molecule has 0 bridgehead atoms. The third-order valence-corrected chi connectivity index (χ3v) is 4.28. The van der Waals surface area contributed by atoms with E-state index < -0.39 is 0 Å². The van der Waals surface area contributed by atoms with Gasteiger partial charge in [0.2, 0.25) is 0 Å². The molecule has 0 aromatic heterocycles. The molecule has 1 saturated heterocycles. The SMILES string of the molecule is CCCNC(C)c1c(F)cccc1N(C)C1CCOCC1. The van der Waals surface area contributed by atoms with Crippen molar-refractivity contribution < 1.29 is 9.13 Å². The van der Waals surface area contributed by atoms with Crippen LogP contribution in [0.15, 0.2) is 18.2 Å². The maximum atomic E-state index is 14.4. The van der Waals surface area contributed by atoms with Crippen LogP contribution in [-0.2, 0) is 4.74 Å². The van der Waals surface area contributed by atoms with E-state index in [0.717, 1.165) is 50.3 Å². The van der Waals surface area contributed by atoms with Crippen molar-refractivity contribution >= 4 is 5.69 Å². The molecule has 0 spiro atoms. The van der Waals surface area contributed by atoms with Crippen LogP contribution in [0.25, 0.3) is 0 Å². The summed E-state index contributed by atoms with van der Waals surface area (Å²) < 4.78 is 19.8. The van der Waals surface area contributed by atoms with Gasteiger partial charge in [0.05, 0.1) is 0 Å². The summed E-state index contributed by atoms with van der Waals surface area (Å²) in [5.41, 5.74) is 1.78. The first-order valence-electron chi connectivity index (χ1n) is 7.97. The Bertz CT molecular complexity index is 446. The molecule has 1 aromatic rings. The number of ether oxygens (including phenoxy) is 1. The summed E-state index contributed by atoms with van der Waals surface area (Å²) in [5.74, 6) is -0.123. The highest BCUT2D eigenvalue weighted by atomic mass is 19.1. The van der Waals surface area contributed by atoms with Gasteiger partial charge in [-0.1, -0.05) is 13.0 Å². The molecule has 1 heterocycles. The molecule has 0 amide bonds. The van der Waals surface area contributed by atoms with Gasteiger partial charge in [-0.3, -0.25) is 0 Å². The van der Waals surface area contributed by atoms with Gasteiger partial charge in [-0.25, -0.2) is 4.39 Å². The molecule has 0 radical (unpaired) electrons. The molecule has 0 saturated carbocycles. The molecule has 1 unspecified atom stereocenters. The molecule has 0 aliphatic carbocycles. The molecule has 1 aliphatic rings. The fraction of sp³-hybridized carbons (Fsp3) is 0.647. The maximum absolute atomic E-state index is 14.4. The van der Waals surface area contributed by atoms with Gasteiger partial charge in [-0.2, -0.15) is 0 Å². The van der Waals surface area contributed by atoms with E-state index in [-0.39, 0.29) is 11.9 Å². The zero-order chi connectivity index (χ0) is 15.2. The number of nitrogens with zero attached hydrogens (tertiary/aromatic N) is 1. The summed E-state index contributed by atoms with van der Waals surface area (Å²) in [6, 6.07) is 5.83. The number of benzene rings is 1. The standard InChI is InChI=1S/C17H27FN2O/c1-4-10-19-13(2)17-15(18)6-5-7-16(17)20(3)14-8-11-21-12-9-14/h5-7,13-14,19H,4,8-12H2,1-3H3. The number of anilines is 1. The lowest BCUT2D eigenvalue weighted by molar-refractivity contribution is 0.0854. The Morgan fingerprint density at radius 3 is 2.76 bits per heavy atom. The van der Waals surface area contributed by atoms with Crippen molar-refractivity contribution in [2.45, 2.75) is 45.2 Å². The molecule has 2 rings (SSSR count). The zero-order valence-electron chi connectivity index (χ0n) is 13.4. The summed E-state index contributed by atoms with van der Waals surface area (Å²) in [5, 5.41) is 3.40. The van der Waals surface area contributed by atoms with Crippen LogP contribution in [0.4, 0.5) is 10.1 Å². The molecule has 1 N–H and O–H groups in total. The van der Waals surface area contributed by atoms with Gasteiger partial charge >= 0.3 is 0 Å². The van der Waals surface area contributed by atoms with Gasteiger partial charge in [-0.15, -0.1) is 0 Å². The summed E-state index contributed by atoms with van der Waals surface area (Å²) in [7, 11) is 2.07. The highest BCUT2D eigenvalue weighted by Gasteiger charge is 2.23. The van der Waals surface area contributed by atoms with Crippen LogP contribution in [-0.4, -0.2) is 32.8 Å². The van der Waals surface area contributed by atoms with E-state index in [1.54, 1.807) is 12.1 Å². The average Bonchev–Trinajstić information content (AvgIpc) is 2.52. The fourth-order valence-corrected chi connectivity index (χ4v) is 2.99. The second-order valence-electron chi connectivity index (χ2n) is 5.80. The second kappa shape index (κ2) is 7.76. The van der Waals surface area contributed by atoms with Crippen molar-refractivity contribution in [2.75, 3.05) is 31.7 Å². The van der Waals surface area contributed by atoms with Crippen LogP contribution in [0.5, 0.6) is 0 Å². The summed E-state index contributed by atoms with van der Waals surface area (Å²) in [4.78, 5) is 2.23. The lowest BCUT2D eigenvalue weighted by atomic mass is 10.0. The molecule has 1 aliphatic heterocycles. The lowest BCUT2D eigenvalue weighted by Crippen LogP contribution is -2.38. The number of rotatable bonds is 6. The van der Waals surface area contributed by atoms with Crippen LogP contribution in [0.2, 0.25) is 0 Å². The van der Waals surface area contributed by atoms with Gasteiger partial charge in [0.25, 0.3) is 0 Å². The Labute approximate surface area is 127 Å². The molecular formula is C17H27FN2O. The molecule has 3 nitrogen and oxygen atoms in total. The van der Waals surface area contributed by atoms with Crippen LogP contribution in [0.3, 0.4) is 0 Å². The largest absolute Gasteiger partial charge is 0.381 e. The van der Waals surface area contributed by atoms with E-state index >= 15 is 0 Å². The predicted octanol–water partition coefficient (Wildman–Crippen LogP) is 3.50. The Morgan fingerprint density at radius 1 is 1.38 bits per heavy atom. The summed E-state index contributed by atoms with van der Waals surface area (Å²) in [6.45, 7) is 6.65. The molecule has 4 heteroatoms.